The molecule has 1 aliphatic carbocycles. The maximum atomic E-state index is 12.6. The van der Waals surface area contributed by atoms with Gasteiger partial charge in [-0.3, -0.25) is 4.79 Å². The van der Waals surface area contributed by atoms with Gasteiger partial charge in [0.2, 0.25) is 0 Å². The van der Waals surface area contributed by atoms with E-state index in [1.54, 1.807) is 7.05 Å². The Labute approximate surface area is 164 Å². The molecule has 160 valence electrons. The fourth-order valence-corrected chi connectivity index (χ4v) is 3.13. The van der Waals surface area contributed by atoms with Crippen LogP contribution in [0, 0.1) is 0 Å². The second-order valence-electron chi connectivity index (χ2n) is 6.70. The maximum absolute atomic E-state index is 12.6. The minimum absolute atomic E-state index is 0.357. The molecule has 0 heterocycles. The number of aliphatic hydroxyl groups is 1. The molecule has 0 unspecified atom stereocenters. The lowest BCUT2D eigenvalue weighted by molar-refractivity contribution is -0.148. The molecule has 0 aromatic heterocycles. The molecule has 29 heavy (non-hydrogen) atoms. The third-order valence-corrected chi connectivity index (χ3v) is 4.59. The fourth-order valence-electron chi connectivity index (χ4n) is 3.13. The van der Waals surface area contributed by atoms with Crippen LogP contribution in [-0.2, 0) is 26.1 Å². The Morgan fingerprint density at radius 3 is 1.93 bits per heavy atom. The van der Waals surface area contributed by atoms with Crippen molar-refractivity contribution in [1.82, 2.24) is 5.32 Å². The number of likely N-dealkylation sites (N-methyl/N-ethyl adjacent to an activating group) is 1. The summed E-state index contributed by atoms with van der Waals surface area (Å²) in [6.07, 6.45) is -1.88. The second kappa shape index (κ2) is 9.19. The van der Waals surface area contributed by atoms with Crippen LogP contribution in [0.4, 0.5) is 13.2 Å². The summed E-state index contributed by atoms with van der Waals surface area (Å²) in [5, 5.41) is 28.7. The van der Waals surface area contributed by atoms with Crippen molar-refractivity contribution >= 4 is 17.7 Å². The molecular formula is C19H22F3NO6. The molecule has 0 aliphatic heterocycles. The van der Waals surface area contributed by atoms with Gasteiger partial charge in [-0.25, -0.2) is 9.59 Å². The molecule has 2 rings (SSSR count). The SMILES string of the molecule is CN[C@@]1(c2ccc(C(F)(F)F)cc2)CCC[C@](C)(O)C1=O.O=C(O)/C=C\C(=O)O. The third kappa shape index (κ3) is 6.13. The van der Waals surface area contributed by atoms with Crippen molar-refractivity contribution in [2.75, 3.05) is 7.05 Å². The quantitative estimate of drug-likeness (QED) is 0.555. The molecule has 10 heteroatoms. The van der Waals surface area contributed by atoms with Crippen LogP contribution in [-0.4, -0.2) is 45.7 Å². The highest BCUT2D eigenvalue weighted by molar-refractivity contribution is 5.96. The van der Waals surface area contributed by atoms with Crippen molar-refractivity contribution in [1.29, 1.82) is 0 Å². The lowest BCUT2D eigenvalue weighted by Crippen LogP contribution is -2.59. The summed E-state index contributed by atoms with van der Waals surface area (Å²) in [4.78, 5) is 31.7. The van der Waals surface area contributed by atoms with E-state index in [1.165, 1.54) is 19.1 Å². The molecule has 1 saturated carbocycles. The number of Topliss-reactive ketones (excluding diaryl/α,β-unsaturated/α-hetero) is 1. The zero-order valence-electron chi connectivity index (χ0n) is 15.8. The van der Waals surface area contributed by atoms with Gasteiger partial charge >= 0.3 is 18.1 Å². The van der Waals surface area contributed by atoms with Gasteiger partial charge in [-0.15, -0.1) is 0 Å². The summed E-state index contributed by atoms with van der Waals surface area (Å²) in [7, 11) is 1.58. The Balaban J connectivity index is 0.000000447. The summed E-state index contributed by atoms with van der Waals surface area (Å²) in [6.45, 7) is 1.45. The summed E-state index contributed by atoms with van der Waals surface area (Å²) in [5.74, 6) is -2.91. The van der Waals surface area contributed by atoms with Crippen LogP contribution in [0.3, 0.4) is 0 Å². The van der Waals surface area contributed by atoms with Gasteiger partial charge in [0.25, 0.3) is 0 Å². The van der Waals surface area contributed by atoms with Crippen molar-refractivity contribution < 1.29 is 42.9 Å². The average Bonchev–Trinajstić information content (AvgIpc) is 2.62. The summed E-state index contributed by atoms with van der Waals surface area (Å²) < 4.78 is 37.8. The number of ketones is 1. The van der Waals surface area contributed by atoms with E-state index in [1.807, 2.05) is 0 Å². The smallest absolute Gasteiger partial charge is 0.416 e. The lowest BCUT2D eigenvalue weighted by atomic mass is 9.69. The minimum Gasteiger partial charge on any atom is -0.478 e. The summed E-state index contributed by atoms with van der Waals surface area (Å²) >= 11 is 0. The van der Waals surface area contributed by atoms with E-state index in [0.29, 0.717) is 37.0 Å². The number of benzene rings is 1. The number of carboxylic acid groups (broad SMARTS) is 2. The molecule has 1 aromatic carbocycles. The lowest BCUT2D eigenvalue weighted by Gasteiger charge is -2.42. The number of halogens is 3. The highest BCUT2D eigenvalue weighted by atomic mass is 19.4. The van der Waals surface area contributed by atoms with Crippen LogP contribution >= 0.6 is 0 Å². The molecule has 1 aromatic rings. The molecular weight excluding hydrogens is 395 g/mol. The monoisotopic (exact) mass is 417 g/mol. The van der Waals surface area contributed by atoms with Crippen molar-refractivity contribution in [3.05, 3.63) is 47.5 Å². The van der Waals surface area contributed by atoms with E-state index in [-0.39, 0.29) is 0 Å². The molecule has 1 aliphatic rings. The molecule has 0 saturated heterocycles. The highest BCUT2D eigenvalue weighted by Crippen LogP contribution is 2.39. The van der Waals surface area contributed by atoms with Gasteiger partial charge in [0, 0.05) is 12.2 Å². The van der Waals surface area contributed by atoms with Crippen LogP contribution < -0.4 is 5.32 Å². The van der Waals surface area contributed by atoms with Crippen molar-refractivity contribution in [2.24, 2.45) is 0 Å². The third-order valence-electron chi connectivity index (χ3n) is 4.59. The number of hydrogen-bond acceptors (Lipinski definition) is 5. The molecule has 1 fully saturated rings. The number of aliphatic carboxylic acids is 2. The van der Waals surface area contributed by atoms with Crippen molar-refractivity contribution in [3.8, 4) is 0 Å². The first-order valence-electron chi connectivity index (χ1n) is 8.54. The number of rotatable bonds is 4. The largest absolute Gasteiger partial charge is 0.478 e. The van der Waals surface area contributed by atoms with Crippen molar-refractivity contribution in [2.45, 2.75) is 43.5 Å². The number of hydrogen-bond donors (Lipinski definition) is 4. The number of carbonyl (C=O) groups is 3. The average molecular weight is 417 g/mol. The Morgan fingerprint density at radius 1 is 1.07 bits per heavy atom. The molecule has 4 N–H and O–H groups in total. The van der Waals surface area contributed by atoms with Gasteiger partial charge in [-0.05, 0) is 50.9 Å². The molecule has 0 bridgehead atoms. The van der Waals surface area contributed by atoms with Crippen LogP contribution in [0.5, 0.6) is 0 Å². The fraction of sp³-hybridized carbons (Fsp3) is 0.421. The van der Waals surface area contributed by atoms with Crippen LogP contribution in [0.25, 0.3) is 0 Å². The Hall–Kier alpha value is -2.72. The zero-order valence-corrected chi connectivity index (χ0v) is 15.8. The van der Waals surface area contributed by atoms with Gasteiger partial charge in [0.1, 0.15) is 11.1 Å². The van der Waals surface area contributed by atoms with Crippen LogP contribution in [0.1, 0.15) is 37.3 Å². The topological polar surface area (TPSA) is 124 Å². The molecule has 2 atom stereocenters. The van der Waals surface area contributed by atoms with E-state index in [4.69, 9.17) is 10.2 Å². The highest BCUT2D eigenvalue weighted by Gasteiger charge is 2.50. The van der Waals surface area contributed by atoms with E-state index in [9.17, 15) is 32.7 Å². The number of carboxylic acids is 2. The standard InChI is InChI=1S/C15H18F3NO2.C4H4O4/c1-13(21)8-3-9-14(19-2,12(13)20)10-4-6-11(7-5-10)15(16,17)18;5-3(6)1-2-4(7)8/h4-7,19,21H,3,8-9H2,1-2H3;1-2H,(H,5,6)(H,7,8)/b;2-1-/t13-,14+;/m0./s1. The minimum atomic E-state index is -4.41. The molecule has 7 nitrogen and oxygen atoms in total. The predicted octanol–water partition coefficient (Wildman–Crippen LogP) is 2.34. The Morgan fingerprint density at radius 2 is 1.55 bits per heavy atom. The van der Waals surface area contributed by atoms with E-state index in [2.05, 4.69) is 5.32 Å². The first-order valence-corrected chi connectivity index (χ1v) is 8.54. The normalized spacial score (nSPS) is 24.7. The van der Waals surface area contributed by atoms with Gasteiger partial charge < -0.3 is 20.6 Å². The summed E-state index contributed by atoms with van der Waals surface area (Å²) in [6, 6.07) is 4.54. The van der Waals surface area contributed by atoms with E-state index < -0.39 is 40.6 Å². The second-order valence-corrected chi connectivity index (χ2v) is 6.70. The van der Waals surface area contributed by atoms with Crippen LogP contribution in [0.15, 0.2) is 36.4 Å². The van der Waals surface area contributed by atoms with Gasteiger partial charge in [0.15, 0.2) is 5.78 Å². The summed E-state index contributed by atoms with van der Waals surface area (Å²) in [5.41, 5.74) is -2.91. The Kier molecular flexibility index (Phi) is 7.70. The van der Waals surface area contributed by atoms with Gasteiger partial charge in [0.05, 0.1) is 5.56 Å². The first kappa shape index (κ1) is 24.3. The zero-order chi connectivity index (χ0) is 22.5. The first-order chi connectivity index (χ1) is 13.3. The van der Waals surface area contributed by atoms with E-state index in [0.717, 1.165) is 12.1 Å². The van der Waals surface area contributed by atoms with Crippen molar-refractivity contribution in [3.63, 3.8) is 0 Å². The van der Waals surface area contributed by atoms with Gasteiger partial charge in [-0.1, -0.05) is 12.1 Å². The molecule has 0 radical (unpaired) electrons. The Bertz CT molecular complexity index is 770. The van der Waals surface area contributed by atoms with E-state index >= 15 is 0 Å². The van der Waals surface area contributed by atoms with Crippen LogP contribution in [0.2, 0.25) is 0 Å². The number of nitrogens with one attached hydrogen (secondary N) is 1. The predicted molar refractivity (Wildman–Crippen MR) is 96.1 cm³/mol. The molecule has 0 amide bonds. The number of carbonyl (C=O) groups excluding carboxylic acids is 1. The molecule has 0 spiro atoms. The van der Waals surface area contributed by atoms with Gasteiger partial charge in [-0.2, -0.15) is 13.2 Å². The number of alkyl halides is 3. The maximum Gasteiger partial charge on any atom is 0.416 e.